The Hall–Kier alpha value is -6.84. The molecule has 0 aromatic heterocycles. The van der Waals surface area contributed by atoms with Gasteiger partial charge in [0.2, 0.25) is 0 Å². The van der Waals surface area contributed by atoms with Gasteiger partial charge in [-0.2, -0.15) is 0 Å². The highest BCUT2D eigenvalue weighted by Crippen LogP contribution is 2.27. The molecule has 2 aromatic carbocycles. The van der Waals surface area contributed by atoms with Crippen molar-refractivity contribution in [3.05, 3.63) is 107 Å². The Morgan fingerprint density at radius 2 is 0.741 bits per heavy atom. The molecule has 0 unspecified atom stereocenters. The summed E-state index contributed by atoms with van der Waals surface area (Å²) in [5, 5.41) is 19.7. The quantitative estimate of drug-likeness (QED) is 0.116. The molecule has 0 aliphatic rings. The molecule has 16 nitrogen and oxygen atoms in total. The molecule has 54 heavy (non-hydrogen) atoms. The first kappa shape index (κ1) is 43.3. The fourth-order valence-corrected chi connectivity index (χ4v) is 3.99. The summed E-state index contributed by atoms with van der Waals surface area (Å²) in [5.74, 6) is -8.94. The lowest BCUT2D eigenvalue weighted by Crippen LogP contribution is -2.31. The third-order valence-corrected chi connectivity index (χ3v) is 6.82. The van der Waals surface area contributed by atoms with Crippen LogP contribution in [0, 0.1) is 0 Å². The van der Waals surface area contributed by atoms with Crippen molar-refractivity contribution in [1.82, 2.24) is 0 Å². The molecule has 0 saturated carbocycles. The molecule has 16 heteroatoms. The summed E-state index contributed by atoms with van der Waals surface area (Å²) in [4.78, 5) is 99.0. The summed E-state index contributed by atoms with van der Waals surface area (Å²) < 4.78 is 30.9. The van der Waals surface area contributed by atoms with Crippen molar-refractivity contribution in [2.24, 2.45) is 0 Å². The van der Waals surface area contributed by atoms with Crippen LogP contribution in [0.2, 0.25) is 0 Å². The van der Waals surface area contributed by atoms with Crippen molar-refractivity contribution in [3.8, 4) is 11.1 Å². The van der Waals surface area contributed by atoms with E-state index in [-0.39, 0.29) is 33.4 Å². The zero-order chi connectivity index (χ0) is 40.9. The fraction of sp³-hybridized carbons (Fsp3) is 0.263. The van der Waals surface area contributed by atoms with Crippen molar-refractivity contribution in [2.75, 3.05) is 26.4 Å². The minimum atomic E-state index is -1.54. The Labute approximate surface area is 309 Å². The van der Waals surface area contributed by atoms with E-state index in [1.54, 1.807) is 0 Å². The maximum Gasteiger partial charge on any atom is 0.339 e. The van der Waals surface area contributed by atoms with Crippen LogP contribution >= 0.6 is 0 Å². The highest BCUT2D eigenvalue weighted by atomic mass is 16.6. The number of carbonyl (C=O) groups excluding carboxylic acids is 6. The van der Waals surface area contributed by atoms with Crippen molar-refractivity contribution in [2.45, 2.75) is 39.9 Å². The van der Waals surface area contributed by atoms with Gasteiger partial charge in [-0.3, -0.25) is 0 Å². The molecule has 0 aliphatic carbocycles. The van der Waals surface area contributed by atoms with Crippen LogP contribution in [0.15, 0.2) is 85.0 Å². The highest BCUT2D eigenvalue weighted by Gasteiger charge is 2.27. The molecule has 286 valence electrons. The van der Waals surface area contributed by atoms with Crippen LogP contribution in [0.3, 0.4) is 0 Å². The molecular formula is C38H38O16. The van der Waals surface area contributed by atoms with Crippen LogP contribution in [0.4, 0.5) is 0 Å². The average Bonchev–Trinajstić information content (AvgIpc) is 3.11. The average molecular weight is 751 g/mol. The summed E-state index contributed by atoms with van der Waals surface area (Å²) >= 11 is 0. The number of rotatable bonds is 19. The second-order valence-corrected chi connectivity index (χ2v) is 11.7. The maximum atomic E-state index is 13.4. The van der Waals surface area contributed by atoms with E-state index >= 15 is 0 Å². The molecule has 0 fully saturated rings. The summed E-state index contributed by atoms with van der Waals surface area (Å²) in [7, 11) is 0. The lowest BCUT2D eigenvalue weighted by atomic mass is 9.95. The van der Waals surface area contributed by atoms with Crippen LogP contribution in [0.1, 0.15) is 69.1 Å². The first-order chi connectivity index (χ1) is 25.2. The van der Waals surface area contributed by atoms with Crippen molar-refractivity contribution in [3.63, 3.8) is 0 Å². The second-order valence-electron chi connectivity index (χ2n) is 11.7. The van der Waals surface area contributed by atoms with Gasteiger partial charge in [-0.25, -0.2) is 38.4 Å². The minimum absolute atomic E-state index is 0.0185. The Morgan fingerprint density at radius 1 is 0.481 bits per heavy atom. The Morgan fingerprint density at radius 3 is 0.963 bits per heavy atom. The lowest BCUT2D eigenvalue weighted by Gasteiger charge is -2.19. The van der Waals surface area contributed by atoms with Gasteiger partial charge >= 0.3 is 47.8 Å². The highest BCUT2D eigenvalue weighted by molar-refractivity contribution is 6.05. The number of carboxylic acid groups (broad SMARTS) is 2. The summed E-state index contributed by atoms with van der Waals surface area (Å²) in [6, 6.07) is 6.81. The predicted octanol–water partition coefficient (Wildman–Crippen LogP) is 4.28. The first-order valence-electron chi connectivity index (χ1n) is 15.7. The SMILES string of the molecule is C=C(C)C(=O)OCC(COC(=O)C(=C)C)OC(=O)c1cc(-c2ccc(C(=O)O)c(C(=O)OC(COC(=O)C(=C)C)COC(=O)C(=C)C)c2)ccc1C(=O)O. The van der Waals surface area contributed by atoms with E-state index in [1.807, 2.05) is 0 Å². The Bertz CT molecular complexity index is 1720. The standard InChI is InChI=1S/C38H38O16/c1-19(2)33(43)49-15-25(16-50-34(44)20(3)4)53-37(47)29-13-23(9-11-27(29)31(39)40)24-10-12-28(32(41)42)30(14-24)38(48)54-26(17-51-35(45)21(5)6)18-52-36(46)22(7)8/h9-14,25-26H,1,3,5,7,15-18H2,2,4,6,8H3,(H,39,40)(H,41,42). The summed E-state index contributed by atoms with van der Waals surface area (Å²) in [6.07, 6.45) is -2.83. The number of ether oxygens (including phenoxy) is 6. The summed E-state index contributed by atoms with van der Waals surface area (Å²) in [5.41, 5.74) is -1.83. The minimum Gasteiger partial charge on any atom is -0.478 e. The van der Waals surface area contributed by atoms with Crippen molar-refractivity contribution < 1.29 is 77.0 Å². The zero-order valence-electron chi connectivity index (χ0n) is 29.9. The van der Waals surface area contributed by atoms with E-state index in [0.717, 1.165) is 24.3 Å². The molecule has 0 saturated heterocycles. The molecule has 0 atom stereocenters. The van der Waals surface area contributed by atoms with Gasteiger partial charge in [0, 0.05) is 22.3 Å². The van der Waals surface area contributed by atoms with Gasteiger partial charge in [-0.1, -0.05) is 38.4 Å². The molecule has 0 spiro atoms. The topological polar surface area (TPSA) is 232 Å². The molecule has 0 amide bonds. The molecule has 2 rings (SSSR count). The van der Waals surface area contributed by atoms with Gasteiger partial charge in [-0.15, -0.1) is 0 Å². The van der Waals surface area contributed by atoms with Gasteiger partial charge < -0.3 is 38.6 Å². The molecule has 0 radical (unpaired) electrons. The molecule has 2 aromatic rings. The van der Waals surface area contributed by atoms with E-state index in [9.17, 15) is 48.6 Å². The largest absolute Gasteiger partial charge is 0.478 e. The van der Waals surface area contributed by atoms with E-state index < -0.39 is 109 Å². The molecule has 0 bridgehead atoms. The predicted molar refractivity (Wildman–Crippen MR) is 187 cm³/mol. The lowest BCUT2D eigenvalue weighted by molar-refractivity contribution is -0.149. The molecule has 0 aliphatic heterocycles. The van der Waals surface area contributed by atoms with Crippen LogP contribution in [0.25, 0.3) is 11.1 Å². The maximum absolute atomic E-state index is 13.4. The van der Waals surface area contributed by atoms with Crippen LogP contribution in [-0.2, 0) is 47.6 Å². The van der Waals surface area contributed by atoms with Crippen LogP contribution in [0.5, 0.6) is 0 Å². The Balaban J connectivity index is 2.53. The number of benzene rings is 2. The van der Waals surface area contributed by atoms with Crippen LogP contribution in [-0.4, -0.2) is 96.6 Å². The van der Waals surface area contributed by atoms with E-state index in [2.05, 4.69) is 26.3 Å². The van der Waals surface area contributed by atoms with Gasteiger partial charge in [0.15, 0.2) is 12.2 Å². The zero-order valence-corrected chi connectivity index (χ0v) is 29.9. The normalized spacial score (nSPS) is 10.4. The molecule has 0 heterocycles. The van der Waals surface area contributed by atoms with Crippen LogP contribution < -0.4 is 0 Å². The number of hydrogen-bond donors (Lipinski definition) is 2. The van der Waals surface area contributed by atoms with Crippen molar-refractivity contribution in [1.29, 1.82) is 0 Å². The summed E-state index contributed by atoms with van der Waals surface area (Å²) in [6.45, 7) is 16.8. The van der Waals surface area contributed by atoms with E-state index in [1.165, 1.54) is 39.8 Å². The van der Waals surface area contributed by atoms with Crippen molar-refractivity contribution >= 4 is 47.8 Å². The molecular weight excluding hydrogens is 712 g/mol. The first-order valence-corrected chi connectivity index (χ1v) is 15.7. The fourth-order valence-electron chi connectivity index (χ4n) is 3.99. The van der Waals surface area contributed by atoms with Gasteiger partial charge in [-0.05, 0) is 63.1 Å². The van der Waals surface area contributed by atoms with Gasteiger partial charge in [0.25, 0.3) is 0 Å². The third kappa shape index (κ3) is 12.7. The van der Waals surface area contributed by atoms with Gasteiger partial charge in [0.05, 0.1) is 22.3 Å². The Kier molecular flexibility index (Phi) is 15.8. The monoisotopic (exact) mass is 750 g/mol. The number of carboxylic acids is 2. The molecule has 2 N–H and O–H groups in total. The number of hydrogen-bond acceptors (Lipinski definition) is 14. The van der Waals surface area contributed by atoms with E-state index in [0.29, 0.717) is 0 Å². The number of esters is 6. The third-order valence-electron chi connectivity index (χ3n) is 6.82. The van der Waals surface area contributed by atoms with E-state index in [4.69, 9.17) is 28.4 Å². The van der Waals surface area contributed by atoms with Gasteiger partial charge in [0.1, 0.15) is 26.4 Å². The number of carbonyl (C=O) groups is 8. The second kappa shape index (κ2) is 19.7. The number of aromatic carboxylic acids is 2. The smallest absolute Gasteiger partial charge is 0.339 e.